The predicted octanol–water partition coefficient (Wildman–Crippen LogP) is 2.29. The number of hydrogen-bond donors (Lipinski definition) is 2. The first-order valence-electron chi connectivity index (χ1n) is 8.76. The van der Waals surface area contributed by atoms with Crippen LogP contribution in [0.1, 0.15) is 24.5 Å². The average molecular weight is 340 g/mol. The van der Waals surface area contributed by atoms with Crippen molar-refractivity contribution in [3.05, 3.63) is 48.7 Å². The maximum Gasteiger partial charge on any atom is 0.119 e. The Balaban J connectivity index is 1.69. The highest BCUT2D eigenvalue weighted by molar-refractivity contribution is 5.83. The molecule has 3 aliphatic rings. The molecule has 0 aliphatic carbocycles. The number of benzene rings is 1. The third-order valence-electron chi connectivity index (χ3n) is 5.94. The van der Waals surface area contributed by atoms with Crippen LogP contribution in [0, 0.1) is 5.92 Å². The van der Waals surface area contributed by atoms with Crippen molar-refractivity contribution in [3.8, 4) is 5.75 Å². The van der Waals surface area contributed by atoms with Gasteiger partial charge in [-0.2, -0.15) is 0 Å². The second-order valence-corrected chi connectivity index (χ2v) is 7.18. The fourth-order valence-corrected chi connectivity index (χ4v) is 4.45. The van der Waals surface area contributed by atoms with E-state index in [1.807, 2.05) is 24.3 Å². The van der Waals surface area contributed by atoms with Crippen molar-refractivity contribution in [2.45, 2.75) is 30.6 Å². The van der Waals surface area contributed by atoms with Crippen LogP contribution in [0.5, 0.6) is 5.75 Å². The Morgan fingerprint density at radius 2 is 2.28 bits per heavy atom. The van der Waals surface area contributed by atoms with Gasteiger partial charge in [-0.3, -0.25) is 9.88 Å². The van der Waals surface area contributed by atoms with Crippen LogP contribution in [0.3, 0.4) is 0 Å². The van der Waals surface area contributed by atoms with Gasteiger partial charge in [-0.05, 0) is 55.1 Å². The van der Waals surface area contributed by atoms with Gasteiger partial charge in [0.05, 0.1) is 24.3 Å². The summed E-state index contributed by atoms with van der Waals surface area (Å²) in [4.78, 5) is 6.59. The minimum atomic E-state index is -0.835. The smallest absolute Gasteiger partial charge is 0.119 e. The van der Waals surface area contributed by atoms with E-state index in [9.17, 15) is 10.2 Å². The van der Waals surface area contributed by atoms with E-state index in [2.05, 4.69) is 16.5 Å². The Bertz CT molecular complexity index is 809. The fourth-order valence-electron chi connectivity index (χ4n) is 4.45. The molecule has 5 nitrogen and oxygen atoms in total. The minimum absolute atomic E-state index is 0.00391. The van der Waals surface area contributed by atoms with E-state index in [0.717, 1.165) is 41.6 Å². The molecule has 1 unspecified atom stereocenters. The molecular formula is C20H24N2O3. The minimum Gasteiger partial charge on any atom is -0.497 e. The number of fused-ring (bicyclic) bond motifs is 4. The molecule has 0 spiro atoms. The molecule has 3 aliphatic heterocycles. The number of aliphatic hydroxyl groups is 2. The molecule has 0 amide bonds. The van der Waals surface area contributed by atoms with Gasteiger partial charge < -0.3 is 14.9 Å². The number of aliphatic hydroxyl groups excluding tert-OH is 1. The van der Waals surface area contributed by atoms with Gasteiger partial charge >= 0.3 is 0 Å². The molecule has 5 rings (SSSR count). The Morgan fingerprint density at radius 1 is 1.44 bits per heavy atom. The van der Waals surface area contributed by atoms with E-state index in [1.165, 1.54) is 0 Å². The summed E-state index contributed by atoms with van der Waals surface area (Å²) < 4.78 is 5.33. The number of piperidine rings is 3. The van der Waals surface area contributed by atoms with Crippen LogP contribution in [0.25, 0.3) is 10.9 Å². The average Bonchev–Trinajstić information content (AvgIpc) is 2.66. The van der Waals surface area contributed by atoms with E-state index >= 15 is 0 Å². The molecule has 0 saturated carbocycles. The van der Waals surface area contributed by atoms with Crippen molar-refractivity contribution in [2.75, 3.05) is 20.2 Å². The number of hydrogen-bond acceptors (Lipinski definition) is 5. The molecule has 1 aromatic carbocycles. The standard InChI is InChI=1S/C20H24N2O3/c1-3-20(24)12-22-9-7-13(20)10-18(22)19(23)15-6-8-21-17-5-4-14(25-2)11-16(15)17/h3-6,8,11,13,18-19,23-24H,1,7,9-10,12H2,2H3/t13-,18+,19-,20-/m0/s1. The number of methoxy groups -OCH3 is 1. The summed E-state index contributed by atoms with van der Waals surface area (Å²) in [6.07, 6.45) is 4.48. The molecule has 132 valence electrons. The van der Waals surface area contributed by atoms with Crippen molar-refractivity contribution in [2.24, 2.45) is 5.92 Å². The van der Waals surface area contributed by atoms with Gasteiger partial charge in [0, 0.05) is 24.2 Å². The molecule has 5 atom stereocenters. The van der Waals surface area contributed by atoms with Gasteiger partial charge in [-0.1, -0.05) is 6.08 Å². The summed E-state index contributed by atoms with van der Waals surface area (Å²) in [6.45, 7) is 5.24. The van der Waals surface area contributed by atoms with E-state index in [1.54, 1.807) is 19.4 Å². The molecule has 2 aromatic rings. The zero-order valence-electron chi connectivity index (χ0n) is 14.4. The van der Waals surface area contributed by atoms with Crippen LogP contribution < -0.4 is 4.74 Å². The monoisotopic (exact) mass is 340 g/mol. The van der Waals surface area contributed by atoms with Crippen LogP contribution in [0.4, 0.5) is 0 Å². The van der Waals surface area contributed by atoms with Crippen LogP contribution in [-0.2, 0) is 0 Å². The first kappa shape index (κ1) is 16.5. The quantitative estimate of drug-likeness (QED) is 0.836. The zero-order valence-corrected chi connectivity index (χ0v) is 14.4. The van der Waals surface area contributed by atoms with Gasteiger partial charge in [0.1, 0.15) is 5.75 Å². The largest absolute Gasteiger partial charge is 0.497 e. The SMILES string of the molecule is C=C[C@]1(O)CN2CC[C@H]1C[C@@H]2[C@@H](O)c1ccnc2ccc(OC)cc12. The highest BCUT2D eigenvalue weighted by Crippen LogP contribution is 2.44. The second-order valence-electron chi connectivity index (χ2n) is 7.18. The summed E-state index contributed by atoms with van der Waals surface area (Å²) >= 11 is 0. The normalized spacial score (nSPS) is 32.5. The zero-order chi connectivity index (χ0) is 17.6. The number of pyridine rings is 1. The first-order chi connectivity index (χ1) is 12.1. The summed E-state index contributed by atoms with van der Waals surface area (Å²) in [6, 6.07) is 7.60. The molecule has 2 bridgehead atoms. The molecular weight excluding hydrogens is 316 g/mol. The summed E-state index contributed by atoms with van der Waals surface area (Å²) in [5.74, 6) is 0.901. The Kier molecular flexibility index (Phi) is 4.02. The lowest BCUT2D eigenvalue weighted by Gasteiger charge is -2.54. The van der Waals surface area contributed by atoms with E-state index < -0.39 is 11.7 Å². The van der Waals surface area contributed by atoms with E-state index in [4.69, 9.17) is 4.74 Å². The molecule has 5 heteroatoms. The molecule has 3 saturated heterocycles. The van der Waals surface area contributed by atoms with Gasteiger partial charge in [-0.15, -0.1) is 6.58 Å². The molecule has 2 N–H and O–H groups in total. The maximum absolute atomic E-state index is 11.2. The number of aromatic nitrogens is 1. The summed E-state index contributed by atoms with van der Waals surface area (Å²) in [7, 11) is 1.63. The molecule has 4 heterocycles. The van der Waals surface area contributed by atoms with Crippen LogP contribution in [0.15, 0.2) is 43.1 Å². The van der Waals surface area contributed by atoms with E-state index in [-0.39, 0.29) is 12.0 Å². The molecule has 0 radical (unpaired) electrons. The lowest BCUT2D eigenvalue weighted by atomic mass is 9.71. The maximum atomic E-state index is 11.2. The van der Waals surface area contributed by atoms with Gasteiger partial charge in [0.2, 0.25) is 0 Å². The van der Waals surface area contributed by atoms with Crippen molar-refractivity contribution in [3.63, 3.8) is 0 Å². The highest BCUT2D eigenvalue weighted by atomic mass is 16.5. The molecule has 1 aromatic heterocycles. The van der Waals surface area contributed by atoms with Crippen LogP contribution in [-0.4, -0.2) is 51.9 Å². The Morgan fingerprint density at radius 3 is 2.96 bits per heavy atom. The number of ether oxygens (including phenoxy) is 1. The Hall–Kier alpha value is -1.95. The fraction of sp³-hybridized carbons (Fsp3) is 0.450. The van der Waals surface area contributed by atoms with Crippen molar-refractivity contribution < 1.29 is 14.9 Å². The number of nitrogens with zero attached hydrogens (tertiary/aromatic N) is 2. The Labute approximate surface area is 147 Å². The first-order valence-corrected chi connectivity index (χ1v) is 8.76. The summed E-state index contributed by atoms with van der Waals surface area (Å²) in [5, 5.41) is 22.8. The topological polar surface area (TPSA) is 65.8 Å². The third kappa shape index (κ3) is 2.63. The summed E-state index contributed by atoms with van der Waals surface area (Å²) in [5.41, 5.74) is 0.873. The van der Waals surface area contributed by atoms with Crippen molar-refractivity contribution in [1.82, 2.24) is 9.88 Å². The van der Waals surface area contributed by atoms with Crippen molar-refractivity contribution in [1.29, 1.82) is 0 Å². The molecule has 25 heavy (non-hydrogen) atoms. The van der Waals surface area contributed by atoms with Gasteiger partial charge in [-0.25, -0.2) is 0 Å². The van der Waals surface area contributed by atoms with Gasteiger partial charge in [0.15, 0.2) is 0 Å². The third-order valence-corrected chi connectivity index (χ3v) is 5.94. The second kappa shape index (κ2) is 6.09. The van der Waals surface area contributed by atoms with E-state index in [0.29, 0.717) is 6.54 Å². The van der Waals surface area contributed by atoms with Crippen LogP contribution >= 0.6 is 0 Å². The van der Waals surface area contributed by atoms with Crippen molar-refractivity contribution >= 4 is 10.9 Å². The number of rotatable bonds is 4. The predicted molar refractivity (Wildman–Crippen MR) is 96.5 cm³/mol. The molecule has 3 fully saturated rings. The van der Waals surface area contributed by atoms with Crippen LogP contribution in [0.2, 0.25) is 0 Å². The lowest BCUT2D eigenvalue weighted by Crippen LogP contribution is -2.63. The van der Waals surface area contributed by atoms with Gasteiger partial charge in [0.25, 0.3) is 0 Å². The lowest BCUT2D eigenvalue weighted by molar-refractivity contribution is -0.127. The highest BCUT2D eigenvalue weighted by Gasteiger charge is 2.49.